The van der Waals surface area contributed by atoms with E-state index in [0.717, 1.165) is 27.9 Å². The first-order chi connectivity index (χ1) is 15.1. The Kier molecular flexibility index (Phi) is 4.16. The van der Waals surface area contributed by atoms with Gasteiger partial charge in [-0.15, -0.1) is 0 Å². The number of ether oxygens (including phenoxy) is 2. The molecule has 2 aliphatic rings. The second kappa shape index (κ2) is 6.94. The van der Waals surface area contributed by atoms with Crippen LogP contribution in [0.2, 0.25) is 0 Å². The monoisotopic (exact) mass is 427 g/mol. The van der Waals surface area contributed by atoms with Gasteiger partial charge in [-0.25, -0.2) is 0 Å². The zero-order valence-electron chi connectivity index (χ0n) is 17.1. The third-order valence-electron chi connectivity index (χ3n) is 6.26. The van der Waals surface area contributed by atoms with Gasteiger partial charge < -0.3 is 14.0 Å². The van der Waals surface area contributed by atoms with Crippen LogP contribution < -0.4 is 10.3 Å². The Morgan fingerprint density at radius 2 is 1.90 bits per heavy atom. The highest BCUT2D eigenvalue weighted by molar-refractivity contribution is 7.08. The molecule has 154 valence electrons. The molecule has 2 aromatic heterocycles. The second-order valence-electron chi connectivity index (χ2n) is 8.18. The van der Waals surface area contributed by atoms with Crippen LogP contribution in [0.1, 0.15) is 39.6 Å². The Balaban J connectivity index is 1.56. The Morgan fingerprint density at radius 1 is 1.10 bits per heavy atom. The Hall–Kier alpha value is -3.15. The van der Waals surface area contributed by atoms with E-state index in [1.807, 2.05) is 71.5 Å². The van der Waals surface area contributed by atoms with E-state index in [9.17, 15) is 4.79 Å². The molecular formula is C26H21NO3S. The highest BCUT2D eigenvalue weighted by atomic mass is 32.1. The molecule has 0 amide bonds. The molecule has 31 heavy (non-hydrogen) atoms. The molecule has 0 aliphatic carbocycles. The second-order valence-corrected chi connectivity index (χ2v) is 8.96. The van der Waals surface area contributed by atoms with Crippen LogP contribution >= 0.6 is 11.3 Å². The van der Waals surface area contributed by atoms with Gasteiger partial charge in [0.05, 0.1) is 12.1 Å². The van der Waals surface area contributed by atoms with Crippen molar-refractivity contribution in [2.24, 2.45) is 0 Å². The van der Waals surface area contributed by atoms with Gasteiger partial charge in [0, 0.05) is 29.1 Å². The fourth-order valence-corrected chi connectivity index (χ4v) is 5.41. The highest BCUT2D eigenvalue weighted by Gasteiger charge is 2.50. The molecule has 4 heterocycles. The van der Waals surface area contributed by atoms with Crippen LogP contribution in [0.15, 0.2) is 82.3 Å². The molecule has 4 aromatic rings. The first-order valence-corrected chi connectivity index (χ1v) is 11.3. The van der Waals surface area contributed by atoms with Crippen LogP contribution in [0.4, 0.5) is 0 Å². The molecule has 6 rings (SSSR count). The summed E-state index contributed by atoms with van der Waals surface area (Å²) in [5.74, 6) is -0.278. The first kappa shape index (κ1) is 18.6. The predicted molar refractivity (Wildman–Crippen MR) is 121 cm³/mol. The molecule has 0 saturated carbocycles. The summed E-state index contributed by atoms with van der Waals surface area (Å²) in [6.07, 6.45) is 0.158. The number of thiophene rings is 1. The van der Waals surface area contributed by atoms with Crippen molar-refractivity contribution >= 4 is 11.3 Å². The van der Waals surface area contributed by atoms with Gasteiger partial charge >= 0.3 is 0 Å². The van der Waals surface area contributed by atoms with Gasteiger partial charge in [0.15, 0.2) is 0 Å². The summed E-state index contributed by atoms with van der Waals surface area (Å²) in [6, 6.07) is 22.3. The average Bonchev–Trinajstić information content (AvgIpc) is 3.33. The number of hydrogen-bond acceptors (Lipinski definition) is 4. The van der Waals surface area contributed by atoms with E-state index in [4.69, 9.17) is 9.47 Å². The number of rotatable bonds is 3. The number of hydrogen-bond donors (Lipinski definition) is 0. The SMILES string of the molecule is Cc1cc2c(c(=O)n1Cc1ccccc1)[C@H]1O[C@](c3ccsc3)(Cc3ccccc31)O2. The maximum Gasteiger partial charge on any atom is 0.261 e. The number of aryl methyl sites for hydroxylation is 1. The molecule has 2 aromatic carbocycles. The smallest absolute Gasteiger partial charge is 0.261 e. The topological polar surface area (TPSA) is 40.5 Å². The van der Waals surface area contributed by atoms with Gasteiger partial charge in [0.1, 0.15) is 11.9 Å². The lowest BCUT2D eigenvalue weighted by molar-refractivity contribution is -0.237. The minimum Gasteiger partial charge on any atom is -0.457 e. The van der Waals surface area contributed by atoms with Crippen molar-refractivity contribution < 1.29 is 9.47 Å². The van der Waals surface area contributed by atoms with E-state index in [0.29, 0.717) is 24.3 Å². The summed E-state index contributed by atoms with van der Waals surface area (Å²) in [4.78, 5) is 13.7. The molecule has 2 atom stereocenters. The number of fused-ring (bicyclic) bond motifs is 6. The van der Waals surface area contributed by atoms with E-state index >= 15 is 0 Å². The molecule has 0 unspecified atom stereocenters. The van der Waals surface area contributed by atoms with Crippen molar-refractivity contribution in [3.05, 3.63) is 121 Å². The van der Waals surface area contributed by atoms with Crippen LogP contribution in [0, 0.1) is 6.92 Å². The van der Waals surface area contributed by atoms with Crippen molar-refractivity contribution in [2.45, 2.75) is 31.8 Å². The quantitative estimate of drug-likeness (QED) is 0.453. The van der Waals surface area contributed by atoms with Gasteiger partial charge in [-0.2, -0.15) is 11.3 Å². The number of benzene rings is 2. The molecule has 2 bridgehead atoms. The van der Waals surface area contributed by atoms with E-state index in [2.05, 4.69) is 17.5 Å². The number of pyridine rings is 1. The standard InChI is InChI=1S/C26H21NO3S/c1-17-13-22-23(25(28)27(17)15-18-7-3-2-4-8-18)24-21-10-6-5-9-19(21)14-26(29-22,30-24)20-11-12-31-16-20/h2-13,16,24H,14-15H2,1H3/t24-,26-/m0/s1. The molecule has 0 radical (unpaired) electrons. The maximum atomic E-state index is 13.7. The molecule has 0 spiro atoms. The van der Waals surface area contributed by atoms with Crippen LogP contribution in [0.5, 0.6) is 5.75 Å². The van der Waals surface area contributed by atoms with Gasteiger partial charge in [-0.05, 0) is 35.1 Å². The fourth-order valence-electron chi connectivity index (χ4n) is 4.70. The summed E-state index contributed by atoms with van der Waals surface area (Å²) < 4.78 is 14.9. The summed E-state index contributed by atoms with van der Waals surface area (Å²) in [6.45, 7) is 2.48. The Labute approximate surface area is 184 Å². The van der Waals surface area contributed by atoms with E-state index < -0.39 is 11.9 Å². The first-order valence-electron chi connectivity index (χ1n) is 10.4. The summed E-state index contributed by atoms with van der Waals surface area (Å²) in [7, 11) is 0. The predicted octanol–water partition coefficient (Wildman–Crippen LogP) is 5.17. The molecule has 5 heteroatoms. The summed E-state index contributed by atoms with van der Waals surface area (Å²) in [5, 5.41) is 4.10. The number of aromatic nitrogens is 1. The normalized spacial score (nSPS) is 21.1. The maximum absolute atomic E-state index is 13.7. The van der Waals surface area contributed by atoms with Crippen molar-refractivity contribution in [3.63, 3.8) is 0 Å². The zero-order valence-corrected chi connectivity index (χ0v) is 17.9. The highest BCUT2D eigenvalue weighted by Crippen LogP contribution is 2.51. The van der Waals surface area contributed by atoms with Crippen molar-refractivity contribution in [2.75, 3.05) is 0 Å². The van der Waals surface area contributed by atoms with Crippen LogP contribution in [0.3, 0.4) is 0 Å². The molecular weight excluding hydrogens is 406 g/mol. The molecule has 0 N–H and O–H groups in total. The molecule has 2 aliphatic heterocycles. The van der Waals surface area contributed by atoms with Crippen LogP contribution in [-0.2, 0) is 23.5 Å². The minimum atomic E-state index is -0.906. The number of nitrogens with zero attached hydrogens (tertiary/aromatic N) is 1. The lowest BCUT2D eigenvalue weighted by atomic mass is 9.85. The fraction of sp³-hybridized carbons (Fsp3) is 0.192. The Morgan fingerprint density at radius 3 is 2.71 bits per heavy atom. The molecule has 0 fully saturated rings. The third kappa shape index (κ3) is 2.88. The van der Waals surface area contributed by atoms with Gasteiger partial charge in [0.25, 0.3) is 5.56 Å². The lowest BCUT2D eigenvalue weighted by Crippen LogP contribution is -2.48. The van der Waals surface area contributed by atoms with E-state index in [-0.39, 0.29) is 5.56 Å². The van der Waals surface area contributed by atoms with E-state index in [1.54, 1.807) is 11.3 Å². The zero-order chi connectivity index (χ0) is 21.0. The summed E-state index contributed by atoms with van der Waals surface area (Å²) >= 11 is 1.62. The lowest BCUT2D eigenvalue weighted by Gasteiger charge is -2.46. The largest absolute Gasteiger partial charge is 0.457 e. The Bertz CT molecular complexity index is 1330. The van der Waals surface area contributed by atoms with Crippen molar-refractivity contribution in [1.29, 1.82) is 0 Å². The van der Waals surface area contributed by atoms with Crippen LogP contribution in [-0.4, -0.2) is 4.57 Å². The third-order valence-corrected chi connectivity index (χ3v) is 6.94. The van der Waals surface area contributed by atoms with Gasteiger partial charge in [-0.3, -0.25) is 4.79 Å². The van der Waals surface area contributed by atoms with Gasteiger partial charge in [-0.1, -0.05) is 54.6 Å². The van der Waals surface area contributed by atoms with E-state index in [1.165, 1.54) is 0 Å². The van der Waals surface area contributed by atoms with Crippen molar-refractivity contribution in [3.8, 4) is 5.75 Å². The molecule has 0 saturated heterocycles. The minimum absolute atomic E-state index is 0.0560. The summed E-state index contributed by atoms with van der Waals surface area (Å²) in [5.41, 5.74) is 5.69. The molecule has 4 nitrogen and oxygen atoms in total. The van der Waals surface area contributed by atoms with Crippen molar-refractivity contribution in [1.82, 2.24) is 4.57 Å². The average molecular weight is 428 g/mol. The van der Waals surface area contributed by atoms with Crippen LogP contribution in [0.25, 0.3) is 0 Å². The van der Waals surface area contributed by atoms with Gasteiger partial charge in [0.2, 0.25) is 5.79 Å².